The predicted octanol–water partition coefficient (Wildman–Crippen LogP) is 1.94. The van der Waals surface area contributed by atoms with Crippen LogP contribution < -0.4 is 15.4 Å². The minimum Gasteiger partial charge on any atom is -0.447 e. The SMILES string of the molecule is NS(=O)(=O)c1ccc(Nc2cccc(N3CCOC3=O)c2)c([N+](=O)[O-])c1. The Morgan fingerprint density at radius 2 is 2.00 bits per heavy atom. The average Bonchev–Trinajstić information content (AvgIpc) is 3.00. The van der Waals surface area contributed by atoms with Crippen molar-refractivity contribution < 1.29 is 22.9 Å². The standard InChI is InChI=1S/C15H14N4O6S/c16-26(23,24)12-4-5-13(14(9-12)19(21)22)17-10-2-1-3-11(8-10)18-6-7-25-15(18)20/h1-5,8-9,17H,6-7H2,(H2,16,23,24). The van der Waals surface area contributed by atoms with Crippen LogP contribution in [0, 0.1) is 10.1 Å². The van der Waals surface area contributed by atoms with Gasteiger partial charge in [-0.1, -0.05) is 6.07 Å². The van der Waals surface area contributed by atoms with Gasteiger partial charge in [-0.2, -0.15) is 0 Å². The van der Waals surface area contributed by atoms with Crippen LogP contribution in [0.4, 0.5) is 27.5 Å². The Morgan fingerprint density at radius 3 is 2.62 bits per heavy atom. The maximum Gasteiger partial charge on any atom is 0.414 e. The van der Waals surface area contributed by atoms with Gasteiger partial charge in [0, 0.05) is 17.4 Å². The number of carbonyl (C=O) groups excluding carboxylic acids is 1. The van der Waals surface area contributed by atoms with E-state index in [1.165, 1.54) is 17.0 Å². The molecular formula is C15H14N4O6S. The molecule has 0 aromatic heterocycles. The molecule has 1 aliphatic heterocycles. The van der Waals surface area contributed by atoms with Gasteiger partial charge in [-0.3, -0.25) is 15.0 Å². The number of nitrogens with two attached hydrogens (primary N) is 1. The van der Waals surface area contributed by atoms with Crippen LogP contribution in [-0.4, -0.2) is 32.6 Å². The summed E-state index contributed by atoms with van der Waals surface area (Å²) in [5, 5.41) is 19.1. The van der Waals surface area contributed by atoms with Crippen molar-refractivity contribution in [3.05, 3.63) is 52.6 Å². The minimum absolute atomic E-state index is 0.0866. The van der Waals surface area contributed by atoms with Gasteiger partial charge in [0.1, 0.15) is 12.3 Å². The van der Waals surface area contributed by atoms with Crippen LogP contribution in [0.25, 0.3) is 0 Å². The van der Waals surface area contributed by atoms with E-state index >= 15 is 0 Å². The average molecular weight is 378 g/mol. The summed E-state index contributed by atoms with van der Waals surface area (Å²) in [6.07, 6.45) is -0.467. The highest BCUT2D eigenvalue weighted by atomic mass is 32.2. The Morgan fingerprint density at radius 1 is 1.23 bits per heavy atom. The Hall–Kier alpha value is -3.18. The lowest BCUT2D eigenvalue weighted by molar-refractivity contribution is -0.384. The number of sulfonamides is 1. The van der Waals surface area contributed by atoms with Gasteiger partial charge in [-0.05, 0) is 30.3 Å². The maximum atomic E-state index is 11.6. The molecule has 0 unspecified atom stereocenters. The van der Waals surface area contributed by atoms with Crippen LogP contribution in [0.15, 0.2) is 47.4 Å². The van der Waals surface area contributed by atoms with Crippen molar-refractivity contribution in [2.75, 3.05) is 23.4 Å². The van der Waals surface area contributed by atoms with Crippen molar-refractivity contribution in [1.29, 1.82) is 0 Å². The van der Waals surface area contributed by atoms with Crippen LogP contribution in [0.2, 0.25) is 0 Å². The number of anilines is 3. The first-order chi connectivity index (χ1) is 12.3. The summed E-state index contributed by atoms with van der Waals surface area (Å²) < 4.78 is 27.7. The highest BCUT2D eigenvalue weighted by Crippen LogP contribution is 2.31. The normalized spacial score (nSPS) is 14.2. The van der Waals surface area contributed by atoms with Crippen molar-refractivity contribution in [1.82, 2.24) is 0 Å². The second-order valence-electron chi connectivity index (χ2n) is 5.42. The van der Waals surface area contributed by atoms with E-state index in [9.17, 15) is 23.3 Å². The van der Waals surface area contributed by atoms with E-state index in [0.717, 1.165) is 6.07 Å². The summed E-state index contributed by atoms with van der Waals surface area (Å²) in [6, 6.07) is 9.98. The number of nitrogens with one attached hydrogen (secondary N) is 1. The number of nitrogens with zero attached hydrogens (tertiary/aromatic N) is 2. The first-order valence-corrected chi connectivity index (χ1v) is 8.93. The van der Waals surface area contributed by atoms with Crippen molar-refractivity contribution in [3.8, 4) is 0 Å². The van der Waals surface area contributed by atoms with Crippen LogP contribution in [0.3, 0.4) is 0 Å². The minimum atomic E-state index is -4.06. The van der Waals surface area contributed by atoms with Crippen molar-refractivity contribution >= 4 is 38.9 Å². The third kappa shape index (κ3) is 3.58. The molecule has 0 saturated carbocycles. The van der Waals surface area contributed by atoms with Crippen LogP contribution >= 0.6 is 0 Å². The molecule has 136 valence electrons. The number of nitro benzene ring substituents is 1. The van der Waals surface area contributed by atoms with E-state index in [1.54, 1.807) is 24.3 Å². The number of cyclic esters (lactones) is 1. The summed E-state index contributed by atoms with van der Waals surface area (Å²) in [4.78, 5) is 23.3. The highest BCUT2D eigenvalue weighted by Gasteiger charge is 2.24. The summed E-state index contributed by atoms with van der Waals surface area (Å²) in [5.41, 5.74) is 0.695. The molecule has 2 aromatic carbocycles. The molecule has 1 saturated heterocycles. The first kappa shape index (κ1) is 17.6. The van der Waals surface area contributed by atoms with Gasteiger partial charge in [0.25, 0.3) is 5.69 Å². The zero-order chi connectivity index (χ0) is 18.9. The monoisotopic (exact) mass is 378 g/mol. The van der Waals surface area contributed by atoms with Crippen molar-refractivity contribution in [2.45, 2.75) is 4.90 Å². The molecule has 1 fully saturated rings. The second-order valence-corrected chi connectivity index (χ2v) is 6.98. The van der Waals surface area contributed by atoms with E-state index in [4.69, 9.17) is 9.88 Å². The molecule has 1 heterocycles. The molecule has 0 aliphatic carbocycles. The molecule has 0 atom stereocenters. The summed E-state index contributed by atoms with van der Waals surface area (Å²) in [6.45, 7) is 0.697. The Balaban J connectivity index is 1.94. The topological polar surface area (TPSA) is 145 Å². The number of benzene rings is 2. The molecule has 3 N–H and O–H groups in total. The van der Waals surface area contributed by atoms with Gasteiger partial charge in [0.05, 0.1) is 16.4 Å². The Kier molecular flexibility index (Phi) is 4.49. The van der Waals surface area contributed by atoms with Crippen LogP contribution in [0.1, 0.15) is 0 Å². The number of primary sulfonamides is 1. The lowest BCUT2D eigenvalue weighted by atomic mass is 10.2. The number of rotatable bonds is 5. The molecule has 0 bridgehead atoms. The van der Waals surface area contributed by atoms with E-state index in [2.05, 4.69) is 5.32 Å². The maximum absolute atomic E-state index is 11.6. The van der Waals surface area contributed by atoms with Gasteiger partial charge in [0.15, 0.2) is 0 Å². The number of nitro groups is 1. The van der Waals surface area contributed by atoms with Crippen LogP contribution in [-0.2, 0) is 14.8 Å². The fourth-order valence-corrected chi connectivity index (χ4v) is 3.01. The molecule has 2 aromatic rings. The van der Waals surface area contributed by atoms with E-state index in [0.29, 0.717) is 17.9 Å². The molecule has 3 rings (SSSR count). The van der Waals surface area contributed by atoms with Crippen molar-refractivity contribution in [3.63, 3.8) is 0 Å². The smallest absolute Gasteiger partial charge is 0.414 e. The molecule has 1 amide bonds. The fourth-order valence-electron chi connectivity index (χ4n) is 2.48. The van der Waals surface area contributed by atoms with Gasteiger partial charge < -0.3 is 10.1 Å². The largest absolute Gasteiger partial charge is 0.447 e. The number of amides is 1. The molecule has 11 heteroatoms. The quantitative estimate of drug-likeness (QED) is 0.597. The van der Waals surface area contributed by atoms with E-state index in [1.807, 2.05) is 0 Å². The molecule has 1 aliphatic rings. The molecule has 0 radical (unpaired) electrons. The Bertz CT molecular complexity index is 991. The summed E-state index contributed by atoms with van der Waals surface area (Å²) in [5.74, 6) is 0. The molecule has 10 nitrogen and oxygen atoms in total. The second kappa shape index (κ2) is 6.61. The summed E-state index contributed by atoms with van der Waals surface area (Å²) >= 11 is 0. The van der Waals surface area contributed by atoms with Crippen molar-refractivity contribution in [2.24, 2.45) is 5.14 Å². The number of hydrogen-bond donors (Lipinski definition) is 2. The molecule has 26 heavy (non-hydrogen) atoms. The number of hydrogen-bond acceptors (Lipinski definition) is 7. The zero-order valence-corrected chi connectivity index (χ0v) is 14.1. The third-order valence-electron chi connectivity index (χ3n) is 3.69. The predicted molar refractivity (Wildman–Crippen MR) is 92.9 cm³/mol. The van der Waals surface area contributed by atoms with Crippen LogP contribution in [0.5, 0.6) is 0 Å². The van der Waals surface area contributed by atoms with Gasteiger partial charge >= 0.3 is 6.09 Å². The van der Waals surface area contributed by atoms with E-state index in [-0.39, 0.29) is 17.2 Å². The Labute approximate surface area is 148 Å². The lowest BCUT2D eigenvalue weighted by Gasteiger charge is -2.15. The molecule has 0 spiro atoms. The van der Waals surface area contributed by atoms with E-state index < -0.39 is 26.7 Å². The number of ether oxygens (including phenoxy) is 1. The first-order valence-electron chi connectivity index (χ1n) is 7.38. The third-order valence-corrected chi connectivity index (χ3v) is 4.60. The van der Waals surface area contributed by atoms with Gasteiger partial charge in [0.2, 0.25) is 10.0 Å². The zero-order valence-electron chi connectivity index (χ0n) is 13.3. The fraction of sp³-hybridized carbons (Fsp3) is 0.133. The lowest BCUT2D eigenvalue weighted by Crippen LogP contribution is -2.23. The molecular weight excluding hydrogens is 364 g/mol. The highest BCUT2D eigenvalue weighted by molar-refractivity contribution is 7.89. The van der Waals surface area contributed by atoms with Gasteiger partial charge in [-0.15, -0.1) is 0 Å². The van der Waals surface area contributed by atoms with Gasteiger partial charge in [-0.25, -0.2) is 18.4 Å². The number of carbonyl (C=O) groups is 1. The summed E-state index contributed by atoms with van der Waals surface area (Å²) in [7, 11) is -4.06.